The maximum Gasteiger partial charge on any atom is 0.264 e. The molecule has 0 N–H and O–H groups in total. The van der Waals surface area contributed by atoms with Gasteiger partial charge in [0.1, 0.15) is 12.7 Å². The molecule has 0 amide bonds. The third-order valence-electron chi connectivity index (χ3n) is 3.90. The van der Waals surface area contributed by atoms with E-state index in [1.54, 1.807) is 12.3 Å². The van der Waals surface area contributed by atoms with E-state index in [-0.39, 0.29) is 12.7 Å². The van der Waals surface area contributed by atoms with Gasteiger partial charge in [-0.1, -0.05) is 0 Å². The van der Waals surface area contributed by atoms with E-state index in [1.165, 1.54) is 0 Å². The van der Waals surface area contributed by atoms with Gasteiger partial charge in [0.25, 0.3) is 10.1 Å². The Labute approximate surface area is 147 Å². The van der Waals surface area contributed by atoms with E-state index in [1.807, 2.05) is 4.90 Å². The van der Waals surface area contributed by atoms with Crippen LogP contribution in [0.4, 0.5) is 5.95 Å². The van der Waals surface area contributed by atoms with Crippen LogP contribution < -0.4 is 4.90 Å². The Hall–Kier alpha value is -1.33. The second-order valence-electron chi connectivity index (χ2n) is 6.19. The summed E-state index contributed by atoms with van der Waals surface area (Å²) in [5, 5.41) is 0. The van der Waals surface area contributed by atoms with Gasteiger partial charge >= 0.3 is 0 Å². The highest BCUT2D eigenvalue weighted by Gasteiger charge is 2.29. The van der Waals surface area contributed by atoms with Crippen molar-refractivity contribution in [1.29, 1.82) is 0 Å². The Bertz CT molecular complexity index is 659. The van der Waals surface area contributed by atoms with Gasteiger partial charge in [-0.05, 0) is 6.07 Å². The molecule has 0 radical (unpaired) electrons. The second kappa shape index (κ2) is 8.37. The monoisotopic (exact) mass is 373 g/mol. The highest BCUT2D eigenvalue weighted by molar-refractivity contribution is 7.85. The van der Waals surface area contributed by atoms with E-state index in [9.17, 15) is 8.42 Å². The lowest BCUT2D eigenvalue weighted by atomic mass is 10.0. The van der Waals surface area contributed by atoms with Gasteiger partial charge < -0.3 is 19.1 Å². The van der Waals surface area contributed by atoms with E-state index in [0.29, 0.717) is 50.6 Å². The zero-order chi connectivity index (χ0) is 17.7. The van der Waals surface area contributed by atoms with Crippen molar-refractivity contribution in [3.05, 3.63) is 18.0 Å². The molecule has 1 aromatic heterocycles. The fraction of sp³-hybridized carbons (Fsp3) is 0.733. The molecule has 9 nitrogen and oxygen atoms in total. The first-order chi connectivity index (χ1) is 12.0. The Morgan fingerprint density at radius 3 is 2.88 bits per heavy atom. The first kappa shape index (κ1) is 18.5. The molecule has 10 heteroatoms. The van der Waals surface area contributed by atoms with Crippen LogP contribution in [0.15, 0.2) is 12.3 Å². The number of rotatable bonds is 8. The molecule has 25 heavy (non-hydrogen) atoms. The van der Waals surface area contributed by atoms with Gasteiger partial charge in [0.2, 0.25) is 5.95 Å². The third-order valence-corrected chi connectivity index (χ3v) is 4.45. The molecule has 0 saturated carbocycles. The minimum Gasteiger partial charge on any atom is -0.378 e. The molecule has 2 aliphatic rings. The third kappa shape index (κ3) is 5.86. The van der Waals surface area contributed by atoms with Crippen LogP contribution in [0.25, 0.3) is 0 Å². The maximum atomic E-state index is 11.0. The minimum atomic E-state index is -3.49. The van der Waals surface area contributed by atoms with E-state index in [0.717, 1.165) is 19.3 Å². The molecule has 0 spiro atoms. The molecule has 140 valence electrons. The Balaban J connectivity index is 1.38. The molecule has 2 fully saturated rings. The molecule has 3 heterocycles. The number of ether oxygens (including phenoxy) is 3. The predicted molar refractivity (Wildman–Crippen MR) is 88.7 cm³/mol. The molecule has 3 rings (SSSR count). The Kier molecular flexibility index (Phi) is 6.18. The molecule has 2 saturated heterocycles. The summed E-state index contributed by atoms with van der Waals surface area (Å²) in [6, 6.07) is 1.64. The largest absolute Gasteiger partial charge is 0.378 e. The zero-order valence-corrected chi connectivity index (χ0v) is 15.0. The van der Waals surface area contributed by atoms with Crippen LogP contribution in [-0.2, 0) is 35.1 Å². The standard InChI is InChI=1S/C15H23N3O6S/c1-25(19,20)24-9-13-2-3-16-15(17-13)18-6-12(7-18)8-22-11-14-10-21-4-5-23-14/h2-3,12,14H,4-11H2,1H3/t14-/m1/s1. The summed E-state index contributed by atoms with van der Waals surface area (Å²) in [4.78, 5) is 10.6. The summed E-state index contributed by atoms with van der Waals surface area (Å²) in [7, 11) is -3.49. The predicted octanol–water partition coefficient (Wildman–Crippen LogP) is -0.179. The van der Waals surface area contributed by atoms with Crippen LogP contribution in [0.3, 0.4) is 0 Å². The molecule has 0 aromatic carbocycles. The van der Waals surface area contributed by atoms with Gasteiger partial charge in [-0.15, -0.1) is 0 Å². The highest BCUT2D eigenvalue weighted by atomic mass is 32.2. The average Bonchev–Trinajstić information content (AvgIpc) is 2.56. The minimum absolute atomic E-state index is 0.0276. The van der Waals surface area contributed by atoms with Crippen molar-refractivity contribution >= 4 is 16.1 Å². The van der Waals surface area contributed by atoms with Crippen molar-refractivity contribution in [2.24, 2.45) is 5.92 Å². The number of anilines is 1. The summed E-state index contributed by atoms with van der Waals surface area (Å²) in [6.07, 6.45) is 2.65. The van der Waals surface area contributed by atoms with Gasteiger partial charge in [-0.3, -0.25) is 4.18 Å². The quantitative estimate of drug-likeness (QED) is 0.574. The second-order valence-corrected chi connectivity index (χ2v) is 7.83. The maximum absolute atomic E-state index is 11.0. The van der Waals surface area contributed by atoms with Gasteiger partial charge in [0.05, 0.1) is 45.0 Å². The summed E-state index contributed by atoms with van der Waals surface area (Å²) in [5.41, 5.74) is 0.532. The smallest absolute Gasteiger partial charge is 0.264 e. The van der Waals surface area contributed by atoms with Gasteiger partial charge in [-0.25, -0.2) is 9.97 Å². The van der Waals surface area contributed by atoms with Crippen LogP contribution in [0, 0.1) is 5.92 Å². The van der Waals surface area contributed by atoms with Crippen LogP contribution in [0.5, 0.6) is 0 Å². The lowest BCUT2D eigenvalue weighted by molar-refractivity contribution is -0.118. The van der Waals surface area contributed by atoms with Crippen LogP contribution in [0.2, 0.25) is 0 Å². The van der Waals surface area contributed by atoms with Gasteiger partial charge in [0, 0.05) is 25.2 Å². The van der Waals surface area contributed by atoms with Crippen molar-refractivity contribution in [2.75, 3.05) is 57.3 Å². The molecule has 1 aromatic rings. The van der Waals surface area contributed by atoms with E-state index >= 15 is 0 Å². The first-order valence-corrected chi connectivity index (χ1v) is 9.99. The van der Waals surface area contributed by atoms with Crippen molar-refractivity contribution in [1.82, 2.24) is 9.97 Å². The Morgan fingerprint density at radius 2 is 2.16 bits per heavy atom. The normalized spacial score (nSPS) is 22.0. The van der Waals surface area contributed by atoms with Crippen molar-refractivity contribution in [2.45, 2.75) is 12.7 Å². The van der Waals surface area contributed by atoms with Crippen molar-refractivity contribution in [3.8, 4) is 0 Å². The highest BCUT2D eigenvalue weighted by Crippen LogP contribution is 2.21. The van der Waals surface area contributed by atoms with Crippen LogP contribution >= 0.6 is 0 Å². The lowest BCUT2D eigenvalue weighted by Gasteiger charge is -2.39. The molecule has 0 unspecified atom stereocenters. The van der Waals surface area contributed by atoms with E-state index < -0.39 is 10.1 Å². The number of aromatic nitrogens is 2. The van der Waals surface area contributed by atoms with E-state index in [2.05, 4.69) is 9.97 Å². The molecule has 0 bridgehead atoms. The number of hydrogen-bond donors (Lipinski definition) is 0. The van der Waals surface area contributed by atoms with Gasteiger partial charge in [0.15, 0.2) is 0 Å². The molecular weight excluding hydrogens is 350 g/mol. The van der Waals surface area contributed by atoms with Crippen LogP contribution in [-0.4, -0.2) is 76.9 Å². The Morgan fingerprint density at radius 1 is 1.32 bits per heavy atom. The number of nitrogens with zero attached hydrogens (tertiary/aromatic N) is 3. The summed E-state index contributed by atoms with van der Waals surface area (Å²) in [6.45, 7) is 4.60. The topological polar surface area (TPSA) is 100 Å². The molecule has 0 aliphatic carbocycles. The fourth-order valence-corrected chi connectivity index (χ4v) is 2.96. The summed E-state index contributed by atoms with van der Waals surface area (Å²) >= 11 is 0. The average molecular weight is 373 g/mol. The van der Waals surface area contributed by atoms with Crippen molar-refractivity contribution < 1.29 is 26.8 Å². The summed E-state index contributed by atoms with van der Waals surface area (Å²) in [5.74, 6) is 0.999. The van der Waals surface area contributed by atoms with Crippen LogP contribution in [0.1, 0.15) is 5.69 Å². The molecular formula is C15H23N3O6S. The fourth-order valence-electron chi connectivity index (χ4n) is 2.62. The van der Waals surface area contributed by atoms with Crippen molar-refractivity contribution in [3.63, 3.8) is 0 Å². The van der Waals surface area contributed by atoms with Gasteiger partial charge in [-0.2, -0.15) is 8.42 Å². The van der Waals surface area contributed by atoms with E-state index in [4.69, 9.17) is 18.4 Å². The lowest BCUT2D eigenvalue weighted by Crippen LogP contribution is -2.50. The number of hydrogen-bond acceptors (Lipinski definition) is 9. The molecule has 2 aliphatic heterocycles. The SMILES string of the molecule is CS(=O)(=O)OCc1ccnc(N2CC(COC[C@H]3COCCO3)C2)n1. The summed E-state index contributed by atoms with van der Waals surface area (Å²) < 4.78 is 43.4. The molecule has 1 atom stereocenters. The first-order valence-electron chi connectivity index (χ1n) is 8.18. The zero-order valence-electron chi connectivity index (χ0n) is 14.2.